The summed E-state index contributed by atoms with van der Waals surface area (Å²) in [7, 11) is 2.14. The van der Waals surface area contributed by atoms with Crippen molar-refractivity contribution in [2.24, 2.45) is 0 Å². The van der Waals surface area contributed by atoms with E-state index in [4.69, 9.17) is 4.74 Å². The predicted molar refractivity (Wildman–Crippen MR) is 113 cm³/mol. The molecule has 0 unspecified atom stereocenters. The fourth-order valence-corrected chi connectivity index (χ4v) is 3.68. The molecule has 1 aromatic heterocycles. The summed E-state index contributed by atoms with van der Waals surface area (Å²) >= 11 is 0. The van der Waals surface area contributed by atoms with Gasteiger partial charge < -0.3 is 14.6 Å². The molecule has 5 heteroatoms. The van der Waals surface area contributed by atoms with Gasteiger partial charge in [0.2, 0.25) is 0 Å². The number of nitrogens with zero attached hydrogens (tertiary/aromatic N) is 2. The van der Waals surface area contributed by atoms with E-state index in [9.17, 15) is 4.79 Å². The maximum Gasteiger partial charge on any atom is 0.194 e. The molecule has 1 saturated heterocycles. The van der Waals surface area contributed by atoms with Crippen LogP contribution in [0, 0.1) is 6.92 Å². The number of nitrogens with one attached hydrogen (secondary N) is 1. The molecule has 28 heavy (non-hydrogen) atoms. The summed E-state index contributed by atoms with van der Waals surface area (Å²) in [5.41, 5.74) is 3.88. The Morgan fingerprint density at radius 2 is 1.79 bits per heavy atom. The van der Waals surface area contributed by atoms with Gasteiger partial charge in [-0.2, -0.15) is 0 Å². The van der Waals surface area contributed by atoms with Crippen LogP contribution in [-0.4, -0.2) is 48.0 Å². The van der Waals surface area contributed by atoms with E-state index >= 15 is 0 Å². The van der Waals surface area contributed by atoms with E-state index in [1.807, 2.05) is 55.5 Å². The molecule has 0 aliphatic carbocycles. The Morgan fingerprint density at radius 3 is 2.54 bits per heavy atom. The van der Waals surface area contributed by atoms with Crippen LogP contribution in [-0.2, 0) is 13.2 Å². The van der Waals surface area contributed by atoms with E-state index in [2.05, 4.69) is 21.8 Å². The summed E-state index contributed by atoms with van der Waals surface area (Å²) in [5, 5.41) is 0.695. The minimum absolute atomic E-state index is 0.107. The van der Waals surface area contributed by atoms with Gasteiger partial charge in [-0.3, -0.25) is 9.69 Å². The van der Waals surface area contributed by atoms with E-state index in [1.165, 1.54) is 0 Å². The second kappa shape index (κ2) is 8.17. The lowest BCUT2D eigenvalue weighted by molar-refractivity contribution is 0.147. The highest BCUT2D eigenvalue weighted by molar-refractivity contribution is 5.81. The Hall–Kier alpha value is -2.63. The number of hydrogen-bond acceptors (Lipinski definition) is 4. The summed E-state index contributed by atoms with van der Waals surface area (Å²) in [6, 6.07) is 15.8. The lowest BCUT2D eigenvalue weighted by atomic mass is 10.1. The van der Waals surface area contributed by atoms with Gasteiger partial charge in [0.15, 0.2) is 5.43 Å². The highest BCUT2D eigenvalue weighted by atomic mass is 16.5. The maximum absolute atomic E-state index is 13.2. The number of likely N-dealkylation sites (N-methyl/N-ethyl adjacent to an activating group) is 1. The van der Waals surface area contributed by atoms with Crippen LogP contribution in [0.25, 0.3) is 10.9 Å². The molecule has 1 aliphatic heterocycles. The smallest absolute Gasteiger partial charge is 0.194 e. The fourth-order valence-electron chi connectivity index (χ4n) is 3.68. The quantitative estimate of drug-likeness (QED) is 0.742. The molecule has 0 radical (unpaired) electrons. The molecule has 3 aromatic rings. The van der Waals surface area contributed by atoms with Crippen molar-refractivity contribution < 1.29 is 4.74 Å². The number of rotatable bonds is 5. The standard InChI is InChI=1S/C23H27N3O2/c1-17-21(15-26-12-10-25(2)11-13-26)23(27)20-14-19(8-9-22(20)24-17)28-16-18-6-4-3-5-7-18/h3-9,14H,10-13,15-16H2,1-2H3,(H,24,27). The van der Waals surface area contributed by atoms with Crippen molar-refractivity contribution in [3.63, 3.8) is 0 Å². The average Bonchev–Trinajstić information content (AvgIpc) is 2.72. The number of aryl methyl sites for hydroxylation is 1. The predicted octanol–water partition coefficient (Wildman–Crippen LogP) is 3.16. The van der Waals surface area contributed by atoms with Gasteiger partial charge >= 0.3 is 0 Å². The molecular formula is C23H27N3O2. The molecule has 1 N–H and O–H groups in total. The molecule has 0 spiro atoms. The fraction of sp³-hybridized carbons (Fsp3) is 0.348. The molecule has 1 aliphatic rings. The first-order chi connectivity index (χ1) is 13.6. The number of H-pyrrole nitrogens is 1. The highest BCUT2D eigenvalue weighted by Crippen LogP contribution is 2.20. The summed E-state index contributed by atoms with van der Waals surface area (Å²) in [5.74, 6) is 0.719. The number of hydrogen-bond donors (Lipinski definition) is 1. The third-order valence-corrected chi connectivity index (χ3v) is 5.51. The first kappa shape index (κ1) is 18.7. The van der Waals surface area contributed by atoms with Gasteiger partial charge in [0.25, 0.3) is 0 Å². The molecule has 0 amide bonds. The highest BCUT2D eigenvalue weighted by Gasteiger charge is 2.18. The lowest BCUT2D eigenvalue weighted by Crippen LogP contribution is -2.44. The van der Waals surface area contributed by atoms with Crippen molar-refractivity contribution in [1.29, 1.82) is 0 Å². The van der Waals surface area contributed by atoms with E-state index in [0.717, 1.165) is 54.3 Å². The summed E-state index contributed by atoms with van der Waals surface area (Å²) < 4.78 is 5.92. The number of fused-ring (bicyclic) bond motifs is 1. The summed E-state index contributed by atoms with van der Waals surface area (Å²) in [4.78, 5) is 21.3. The van der Waals surface area contributed by atoms with Crippen molar-refractivity contribution in [2.45, 2.75) is 20.1 Å². The number of piperazine rings is 1. The Labute approximate surface area is 165 Å². The molecule has 2 heterocycles. The van der Waals surface area contributed by atoms with Crippen LogP contribution >= 0.6 is 0 Å². The van der Waals surface area contributed by atoms with Gasteiger partial charge in [0.1, 0.15) is 12.4 Å². The first-order valence-corrected chi connectivity index (χ1v) is 9.83. The van der Waals surface area contributed by atoms with Crippen molar-refractivity contribution in [3.8, 4) is 5.75 Å². The number of benzene rings is 2. The van der Waals surface area contributed by atoms with E-state index in [-0.39, 0.29) is 5.43 Å². The van der Waals surface area contributed by atoms with Crippen LogP contribution in [0.15, 0.2) is 53.3 Å². The molecule has 1 fully saturated rings. The molecule has 0 bridgehead atoms. The van der Waals surface area contributed by atoms with Gasteiger partial charge in [0.05, 0.1) is 0 Å². The third kappa shape index (κ3) is 4.11. The SMILES string of the molecule is Cc1[nH]c2ccc(OCc3ccccc3)cc2c(=O)c1CN1CCN(C)CC1. The molecule has 0 atom stereocenters. The Balaban J connectivity index is 1.58. The van der Waals surface area contributed by atoms with Crippen molar-refractivity contribution in [3.05, 3.63) is 75.6 Å². The van der Waals surface area contributed by atoms with E-state index < -0.39 is 0 Å². The van der Waals surface area contributed by atoms with Crippen LogP contribution in [0.1, 0.15) is 16.8 Å². The molecule has 2 aromatic carbocycles. The Bertz CT molecular complexity index is 1010. The molecule has 146 valence electrons. The van der Waals surface area contributed by atoms with E-state index in [0.29, 0.717) is 18.5 Å². The van der Waals surface area contributed by atoms with Gasteiger partial charge in [-0.1, -0.05) is 30.3 Å². The zero-order chi connectivity index (χ0) is 19.5. The molecule has 4 rings (SSSR count). The van der Waals surface area contributed by atoms with E-state index in [1.54, 1.807) is 0 Å². The van der Waals surface area contributed by atoms with Gasteiger partial charge in [0, 0.05) is 54.9 Å². The number of ether oxygens (including phenoxy) is 1. The van der Waals surface area contributed by atoms with Gasteiger partial charge in [-0.15, -0.1) is 0 Å². The van der Waals surface area contributed by atoms with Gasteiger partial charge in [-0.25, -0.2) is 0 Å². The van der Waals surface area contributed by atoms with Crippen LogP contribution in [0.4, 0.5) is 0 Å². The molecule has 0 saturated carbocycles. The number of aromatic nitrogens is 1. The van der Waals surface area contributed by atoms with Crippen molar-refractivity contribution >= 4 is 10.9 Å². The van der Waals surface area contributed by atoms with Crippen molar-refractivity contribution in [1.82, 2.24) is 14.8 Å². The van der Waals surface area contributed by atoms with Crippen LogP contribution in [0.5, 0.6) is 5.75 Å². The molecular weight excluding hydrogens is 350 g/mol. The largest absolute Gasteiger partial charge is 0.489 e. The topological polar surface area (TPSA) is 48.6 Å². The summed E-state index contributed by atoms with van der Waals surface area (Å²) in [6.45, 7) is 7.25. The minimum atomic E-state index is 0.107. The normalized spacial score (nSPS) is 15.8. The summed E-state index contributed by atoms with van der Waals surface area (Å²) in [6.07, 6.45) is 0. The Morgan fingerprint density at radius 1 is 1.04 bits per heavy atom. The second-order valence-electron chi connectivity index (χ2n) is 7.62. The first-order valence-electron chi connectivity index (χ1n) is 9.83. The lowest BCUT2D eigenvalue weighted by Gasteiger charge is -2.32. The minimum Gasteiger partial charge on any atom is -0.489 e. The number of pyridine rings is 1. The zero-order valence-corrected chi connectivity index (χ0v) is 16.6. The monoisotopic (exact) mass is 377 g/mol. The number of aromatic amines is 1. The molecule has 5 nitrogen and oxygen atoms in total. The van der Waals surface area contributed by atoms with Crippen LogP contribution in [0.3, 0.4) is 0 Å². The maximum atomic E-state index is 13.2. The zero-order valence-electron chi connectivity index (χ0n) is 16.6. The van der Waals surface area contributed by atoms with Gasteiger partial charge in [-0.05, 0) is 37.7 Å². The second-order valence-corrected chi connectivity index (χ2v) is 7.62. The van der Waals surface area contributed by atoms with Crippen molar-refractivity contribution in [2.75, 3.05) is 33.2 Å². The van der Waals surface area contributed by atoms with Crippen LogP contribution in [0.2, 0.25) is 0 Å². The van der Waals surface area contributed by atoms with Crippen LogP contribution < -0.4 is 10.2 Å². The Kier molecular flexibility index (Phi) is 5.46. The average molecular weight is 377 g/mol. The third-order valence-electron chi connectivity index (χ3n) is 5.51.